The van der Waals surface area contributed by atoms with Gasteiger partial charge in [-0.3, -0.25) is 4.79 Å². The Morgan fingerprint density at radius 1 is 1.45 bits per heavy atom. The molecule has 0 unspecified atom stereocenters. The van der Waals surface area contributed by atoms with Crippen LogP contribution in [0.5, 0.6) is 5.75 Å². The van der Waals surface area contributed by atoms with Crippen LogP contribution in [-0.4, -0.2) is 22.6 Å². The zero-order chi connectivity index (χ0) is 16.1. The fourth-order valence-corrected chi connectivity index (χ4v) is 2.18. The SMILES string of the molecule is COc1ccc(F)cc1C(=O)NCc1cncn1CC(C)C. The summed E-state index contributed by atoms with van der Waals surface area (Å²) in [5.41, 5.74) is 1.08. The number of benzene rings is 1. The van der Waals surface area contributed by atoms with E-state index in [-0.39, 0.29) is 11.5 Å². The fraction of sp³-hybridized carbons (Fsp3) is 0.375. The Hall–Kier alpha value is -2.37. The van der Waals surface area contributed by atoms with Gasteiger partial charge < -0.3 is 14.6 Å². The Morgan fingerprint density at radius 2 is 2.23 bits per heavy atom. The average molecular weight is 305 g/mol. The molecule has 22 heavy (non-hydrogen) atoms. The number of nitrogens with one attached hydrogen (secondary N) is 1. The van der Waals surface area contributed by atoms with Crippen LogP contribution in [0.25, 0.3) is 0 Å². The van der Waals surface area contributed by atoms with E-state index >= 15 is 0 Å². The molecule has 0 fully saturated rings. The molecule has 118 valence electrons. The molecule has 1 amide bonds. The van der Waals surface area contributed by atoms with Crippen LogP contribution in [0.3, 0.4) is 0 Å². The number of ether oxygens (including phenoxy) is 1. The maximum absolute atomic E-state index is 13.3. The minimum Gasteiger partial charge on any atom is -0.496 e. The first-order valence-corrected chi connectivity index (χ1v) is 7.12. The van der Waals surface area contributed by atoms with E-state index in [2.05, 4.69) is 24.1 Å². The molecule has 0 aliphatic heterocycles. The van der Waals surface area contributed by atoms with E-state index in [1.165, 1.54) is 25.3 Å². The summed E-state index contributed by atoms with van der Waals surface area (Å²) in [6, 6.07) is 3.86. The van der Waals surface area contributed by atoms with E-state index in [0.717, 1.165) is 12.2 Å². The van der Waals surface area contributed by atoms with Gasteiger partial charge in [-0.1, -0.05) is 13.8 Å². The predicted octanol–water partition coefficient (Wildman–Crippen LogP) is 2.62. The number of methoxy groups -OCH3 is 1. The van der Waals surface area contributed by atoms with Crippen LogP contribution in [-0.2, 0) is 13.1 Å². The Kier molecular flexibility index (Phi) is 5.14. The van der Waals surface area contributed by atoms with Gasteiger partial charge in [-0.25, -0.2) is 9.37 Å². The molecular formula is C16H20FN3O2. The Balaban J connectivity index is 2.07. The number of carbonyl (C=O) groups excluding carboxylic acids is 1. The van der Waals surface area contributed by atoms with Gasteiger partial charge in [0.05, 0.1) is 31.2 Å². The third kappa shape index (κ3) is 3.84. The smallest absolute Gasteiger partial charge is 0.255 e. The molecular weight excluding hydrogens is 285 g/mol. The number of halogens is 1. The first kappa shape index (κ1) is 16.0. The number of rotatable bonds is 6. The topological polar surface area (TPSA) is 56.1 Å². The maximum atomic E-state index is 13.3. The molecule has 6 heteroatoms. The molecule has 5 nitrogen and oxygen atoms in total. The van der Waals surface area contributed by atoms with Gasteiger partial charge >= 0.3 is 0 Å². The standard InChI is InChI=1S/C16H20FN3O2/c1-11(2)9-20-10-18-7-13(20)8-19-16(21)14-6-12(17)4-5-15(14)22-3/h4-7,10-11H,8-9H2,1-3H3,(H,19,21). The van der Waals surface area contributed by atoms with Gasteiger partial charge in [-0.05, 0) is 24.1 Å². The van der Waals surface area contributed by atoms with Crippen LogP contribution < -0.4 is 10.1 Å². The zero-order valence-corrected chi connectivity index (χ0v) is 13.0. The van der Waals surface area contributed by atoms with Crippen molar-refractivity contribution in [1.82, 2.24) is 14.9 Å². The van der Waals surface area contributed by atoms with E-state index in [0.29, 0.717) is 18.2 Å². The molecule has 0 saturated carbocycles. The summed E-state index contributed by atoms with van der Waals surface area (Å²) in [6.07, 6.45) is 3.45. The lowest BCUT2D eigenvalue weighted by atomic mass is 10.2. The molecule has 0 spiro atoms. The molecule has 0 saturated heterocycles. The lowest BCUT2D eigenvalue weighted by Crippen LogP contribution is -2.25. The number of imidazole rings is 1. The van der Waals surface area contributed by atoms with Crippen molar-refractivity contribution in [2.75, 3.05) is 7.11 Å². The number of nitrogens with zero attached hydrogens (tertiary/aromatic N) is 2. The second-order valence-corrected chi connectivity index (χ2v) is 5.46. The second-order valence-electron chi connectivity index (χ2n) is 5.46. The maximum Gasteiger partial charge on any atom is 0.255 e. The Morgan fingerprint density at radius 3 is 2.91 bits per heavy atom. The van der Waals surface area contributed by atoms with Crippen molar-refractivity contribution < 1.29 is 13.9 Å². The summed E-state index contributed by atoms with van der Waals surface area (Å²) in [7, 11) is 1.45. The van der Waals surface area contributed by atoms with Gasteiger partial charge in [0.2, 0.25) is 0 Å². The van der Waals surface area contributed by atoms with Gasteiger partial charge in [-0.2, -0.15) is 0 Å². The molecule has 2 aromatic rings. The number of hydrogen-bond donors (Lipinski definition) is 1. The van der Waals surface area contributed by atoms with Crippen molar-refractivity contribution in [2.45, 2.75) is 26.9 Å². The van der Waals surface area contributed by atoms with Gasteiger partial charge in [-0.15, -0.1) is 0 Å². The quantitative estimate of drug-likeness (QED) is 0.892. The van der Waals surface area contributed by atoms with Crippen LogP contribution in [0, 0.1) is 11.7 Å². The van der Waals surface area contributed by atoms with E-state index in [1.807, 2.05) is 4.57 Å². The number of hydrogen-bond acceptors (Lipinski definition) is 3. The Bertz CT molecular complexity index is 653. The van der Waals surface area contributed by atoms with Crippen LogP contribution in [0.4, 0.5) is 4.39 Å². The fourth-order valence-electron chi connectivity index (χ4n) is 2.18. The molecule has 0 aliphatic carbocycles. The van der Waals surface area contributed by atoms with Gasteiger partial charge in [0.1, 0.15) is 11.6 Å². The number of amides is 1. The van der Waals surface area contributed by atoms with Crippen molar-refractivity contribution in [3.8, 4) is 5.75 Å². The minimum atomic E-state index is -0.476. The van der Waals surface area contributed by atoms with Crippen molar-refractivity contribution >= 4 is 5.91 Å². The first-order chi connectivity index (χ1) is 10.5. The molecule has 1 N–H and O–H groups in total. The zero-order valence-electron chi connectivity index (χ0n) is 13.0. The third-order valence-corrected chi connectivity index (χ3v) is 3.20. The van der Waals surface area contributed by atoms with E-state index in [4.69, 9.17) is 4.74 Å². The van der Waals surface area contributed by atoms with Crippen molar-refractivity contribution in [3.05, 3.63) is 47.8 Å². The average Bonchev–Trinajstić information content (AvgIpc) is 2.91. The lowest BCUT2D eigenvalue weighted by Gasteiger charge is -2.12. The molecule has 0 bridgehead atoms. The van der Waals surface area contributed by atoms with E-state index in [1.54, 1.807) is 12.5 Å². The summed E-state index contributed by atoms with van der Waals surface area (Å²) >= 11 is 0. The normalized spacial score (nSPS) is 10.8. The lowest BCUT2D eigenvalue weighted by molar-refractivity contribution is 0.0946. The molecule has 2 rings (SSSR count). The van der Waals surface area contributed by atoms with Crippen molar-refractivity contribution in [1.29, 1.82) is 0 Å². The molecule has 0 atom stereocenters. The monoisotopic (exact) mass is 305 g/mol. The summed E-state index contributed by atoms with van der Waals surface area (Å²) in [5, 5.41) is 2.77. The number of carbonyl (C=O) groups is 1. The van der Waals surface area contributed by atoms with Gasteiger partial charge in [0, 0.05) is 12.7 Å². The van der Waals surface area contributed by atoms with E-state index in [9.17, 15) is 9.18 Å². The summed E-state index contributed by atoms with van der Waals surface area (Å²) in [4.78, 5) is 16.3. The van der Waals surface area contributed by atoms with Crippen molar-refractivity contribution in [3.63, 3.8) is 0 Å². The minimum absolute atomic E-state index is 0.178. The second kappa shape index (κ2) is 7.06. The highest BCUT2D eigenvalue weighted by atomic mass is 19.1. The van der Waals surface area contributed by atoms with Crippen LogP contribution >= 0.6 is 0 Å². The highest BCUT2D eigenvalue weighted by Gasteiger charge is 2.14. The van der Waals surface area contributed by atoms with Gasteiger partial charge in [0.25, 0.3) is 5.91 Å². The molecule has 1 aromatic carbocycles. The van der Waals surface area contributed by atoms with Gasteiger partial charge in [0.15, 0.2) is 0 Å². The van der Waals surface area contributed by atoms with Crippen LogP contribution in [0.2, 0.25) is 0 Å². The highest BCUT2D eigenvalue weighted by Crippen LogP contribution is 2.19. The summed E-state index contributed by atoms with van der Waals surface area (Å²) < 4.78 is 20.4. The molecule has 0 radical (unpaired) electrons. The van der Waals surface area contributed by atoms with Crippen molar-refractivity contribution in [2.24, 2.45) is 5.92 Å². The Labute approximate surface area is 129 Å². The molecule has 1 heterocycles. The highest BCUT2D eigenvalue weighted by molar-refractivity contribution is 5.96. The van der Waals surface area contributed by atoms with E-state index < -0.39 is 5.82 Å². The largest absolute Gasteiger partial charge is 0.496 e. The predicted molar refractivity (Wildman–Crippen MR) is 81.2 cm³/mol. The van der Waals surface area contributed by atoms with Crippen LogP contribution in [0.1, 0.15) is 29.9 Å². The van der Waals surface area contributed by atoms with Crippen LogP contribution in [0.15, 0.2) is 30.7 Å². The summed E-state index contributed by atoms with van der Waals surface area (Å²) in [5.74, 6) is -0.0361. The molecule has 0 aliphatic rings. The number of aromatic nitrogens is 2. The first-order valence-electron chi connectivity index (χ1n) is 7.12. The third-order valence-electron chi connectivity index (χ3n) is 3.20. The summed E-state index contributed by atoms with van der Waals surface area (Å²) in [6.45, 7) is 5.37. The molecule has 1 aromatic heterocycles.